The highest BCUT2D eigenvalue weighted by Crippen LogP contribution is 2.50. The summed E-state index contributed by atoms with van der Waals surface area (Å²) in [6, 6.07) is 0. The van der Waals surface area contributed by atoms with Crippen molar-refractivity contribution in [2.75, 3.05) is 11.5 Å². The van der Waals surface area contributed by atoms with E-state index < -0.39 is 0 Å². The molecule has 0 aromatic heterocycles. The summed E-state index contributed by atoms with van der Waals surface area (Å²) in [6.07, 6.45) is 3.53. The Hall–Kier alpha value is 0.310. The molecular weight excluding hydrogens is 168 g/mol. The lowest BCUT2D eigenvalue weighted by Gasteiger charge is -2.41. The zero-order valence-electron chi connectivity index (χ0n) is 7.97. The number of hydrogen-bond donors (Lipinski definition) is 1. The van der Waals surface area contributed by atoms with Gasteiger partial charge in [-0.15, -0.1) is 0 Å². The highest BCUT2D eigenvalue weighted by atomic mass is 32.2. The van der Waals surface area contributed by atoms with Gasteiger partial charge in [0.15, 0.2) is 0 Å². The molecule has 1 atom stereocenters. The maximum Gasteiger partial charge on any atom is 0.0771 e. The first-order valence-corrected chi connectivity index (χ1v) is 5.98. The molecule has 1 N–H and O–H groups in total. The van der Waals surface area contributed by atoms with Gasteiger partial charge in [0.2, 0.25) is 0 Å². The maximum absolute atomic E-state index is 10.3. The number of thioether (sulfide) groups is 1. The molecule has 1 aliphatic heterocycles. The fraction of sp³-hybridized carbons (Fsp3) is 1.00. The predicted molar refractivity (Wildman–Crippen MR) is 53.4 cm³/mol. The van der Waals surface area contributed by atoms with Gasteiger partial charge in [0.25, 0.3) is 0 Å². The largest absolute Gasteiger partial charge is 0.389 e. The lowest BCUT2D eigenvalue weighted by molar-refractivity contribution is -0.000614. The minimum atomic E-state index is -0.313. The van der Waals surface area contributed by atoms with Gasteiger partial charge in [0, 0.05) is 5.75 Å². The van der Waals surface area contributed by atoms with Crippen molar-refractivity contribution < 1.29 is 5.11 Å². The molecule has 1 aliphatic carbocycles. The van der Waals surface area contributed by atoms with Gasteiger partial charge in [-0.1, -0.05) is 13.8 Å². The Morgan fingerprint density at radius 3 is 2.42 bits per heavy atom. The van der Waals surface area contributed by atoms with Gasteiger partial charge in [-0.3, -0.25) is 0 Å². The molecule has 0 aromatic rings. The molecule has 0 radical (unpaired) electrons. The average Bonchev–Trinajstić information content (AvgIpc) is 2.62. The van der Waals surface area contributed by atoms with Crippen molar-refractivity contribution in [2.45, 2.75) is 38.7 Å². The van der Waals surface area contributed by atoms with E-state index in [9.17, 15) is 5.11 Å². The third-order valence-corrected chi connectivity index (χ3v) is 4.66. The first-order valence-electron chi connectivity index (χ1n) is 4.82. The second-order valence-corrected chi connectivity index (χ2v) is 6.20. The minimum Gasteiger partial charge on any atom is -0.389 e. The zero-order valence-corrected chi connectivity index (χ0v) is 8.78. The van der Waals surface area contributed by atoms with Crippen molar-refractivity contribution in [3.05, 3.63) is 0 Å². The summed E-state index contributed by atoms with van der Waals surface area (Å²) in [4.78, 5) is 0. The Labute approximate surface area is 78.9 Å². The first kappa shape index (κ1) is 8.89. The van der Waals surface area contributed by atoms with Gasteiger partial charge in [0.1, 0.15) is 0 Å². The van der Waals surface area contributed by atoms with Gasteiger partial charge in [-0.25, -0.2) is 0 Å². The molecule has 2 aliphatic rings. The standard InChI is InChI=1S/C10H18OS/c1-9(2)5-10(11,7-12-6-9)8-3-4-8/h8,11H,3-7H2,1-2H3. The zero-order chi connectivity index (χ0) is 8.82. The van der Waals surface area contributed by atoms with Crippen molar-refractivity contribution in [2.24, 2.45) is 11.3 Å². The summed E-state index contributed by atoms with van der Waals surface area (Å²) in [5.74, 6) is 2.81. The fourth-order valence-electron chi connectivity index (χ4n) is 2.32. The van der Waals surface area contributed by atoms with Crippen molar-refractivity contribution in [1.82, 2.24) is 0 Å². The van der Waals surface area contributed by atoms with Crippen LogP contribution in [0.1, 0.15) is 33.1 Å². The van der Waals surface area contributed by atoms with Crippen LogP contribution in [0.25, 0.3) is 0 Å². The molecule has 70 valence electrons. The lowest BCUT2D eigenvalue weighted by atomic mass is 9.79. The molecule has 1 saturated heterocycles. The van der Waals surface area contributed by atoms with Crippen LogP contribution in [0.3, 0.4) is 0 Å². The Balaban J connectivity index is 2.06. The number of rotatable bonds is 1. The van der Waals surface area contributed by atoms with E-state index in [2.05, 4.69) is 13.8 Å². The van der Waals surface area contributed by atoms with Gasteiger partial charge < -0.3 is 5.11 Å². The second kappa shape index (κ2) is 2.65. The van der Waals surface area contributed by atoms with Crippen LogP contribution in [0, 0.1) is 11.3 Å². The summed E-state index contributed by atoms with van der Waals surface area (Å²) < 4.78 is 0. The first-order chi connectivity index (χ1) is 5.52. The van der Waals surface area contributed by atoms with Crippen LogP contribution in [0.4, 0.5) is 0 Å². The van der Waals surface area contributed by atoms with Crippen LogP contribution in [-0.4, -0.2) is 22.2 Å². The summed E-state index contributed by atoms with van der Waals surface area (Å²) >= 11 is 1.93. The SMILES string of the molecule is CC1(C)CSCC(O)(C2CC2)C1. The van der Waals surface area contributed by atoms with E-state index in [1.54, 1.807) is 0 Å². The summed E-state index contributed by atoms with van der Waals surface area (Å²) in [5, 5.41) is 10.3. The molecule has 1 nitrogen and oxygen atoms in total. The molecule has 2 heteroatoms. The van der Waals surface area contributed by atoms with Crippen molar-refractivity contribution >= 4 is 11.8 Å². The molecule has 2 rings (SSSR count). The van der Waals surface area contributed by atoms with Gasteiger partial charge in [-0.05, 0) is 36.3 Å². The van der Waals surface area contributed by atoms with Crippen LogP contribution in [0.5, 0.6) is 0 Å². The average molecular weight is 186 g/mol. The Bertz CT molecular complexity index is 186. The quantitative estimate of drug-likeness (QED) is 0.678. The minimum absolute atomic E-state index is 0.313. The van der Waals surface area contributed by atoms with E-state index in [0.717, 1.165) is 12.2 Å². The monoisotopic (exact) mass is 186 g/mol. The van der Waals surface area contributed by atoms with Crippen LogP contribution in [0.15, 0.2) is 0 Å². The number of hydrogen-bond acceptors (Lipinski definition) is 2. The molecule has 12 heavy (non-hydrogen) atoms. The highest BCUT2D eigenvalue weighted by Gasteiger charge is 2.48. The van der Waals surface area contributed by atoms with E-state index >= 15 is 0 Å². The molecule has 0 spiro atoms. The molecule has 1 unspecified atom stereocenters. The molecule has 0 aromatic carbocycles. The van der Waals surface area contributed by atoms with E-state index in [1.165, 1.54) is 18.6 Å². The normalized spacial score (nSPS) is 41.2. The molecule has 2 fully saturated rings. The second-order valence-electron chi connectivity index (χ2n) is 5.21. The van der Waals surface area contributed by atoms with Gasteiger partial charge in [-0.2, -0.15) is 11.8 Å². The van der Waals surface area contributed by atoms with Gasteiger partial charge in [0.05, 0.1) is 5.60 Å². The predicted octanol–water partition coefficient (Wildman–Crippen LogP) is 2.29. The summed E-state index contributed by atoms with van der Waals surface area (Å²) in [6.45, 7) is 4.54. The van der Waals surface area contributed by atoms with E-state index in [-0.39, 0.29) is 5.60 Å². The Morgan fingerprint density at radius 1 is 1.25 bits per heavy atom. The van der Waals surface area contributed by atoms with Crippen LogP contribution in [-0.2, 0) is 0 Å². The van der Waals surface area contributed by atoms with E-state index in [1.807, 2.05) is 11.8 Å². The van der Waals surface area contributed by atoms with Crippen molar-refractivity contribution in [3.63, 3.8) is 0 Å². The lowest BCUT2D eigenvalue weighted by Crippen LogP contribution is -2.44. The van der Waals surface area contributed by atoms with Crippen LogP contribution < -0.4 is 0 Å². The van der Waals surface area contributed by atoms with E-state index in [0.29, 0.717) is 11.3 Å². The third kappa shape index (κ3) is 1.64. The summed E-state index contributed by atoms with van der Waals surface area (Å²) in [7, 11) is 0. The van der Waals surface area contributed by atoms with Crippen molar-refractivity contribution in [1.29, 1.82) is 0 Å². The Morgan fingerprint density at radius 2 is 1.92 bits per heavy atom. The van der Waals surface area contributed by atoms with Crippen LogP contribution >= 0.6 is 11.8 Å². The molecule has 0 bridgehead atoms. The Kier molecular flexibility index (Phi) is 1.96. The molecule has 1 saturated carbocycles. The van der Waals surface area contributed by atoms with Crippen LogP contribution in [0.2, 0.25) is 0 Å². The third-order valence-electron chi connectivity index (χ3n) is 2.97. The maximum atomic E-state index is 10.3. The van der Waals surface area contributed by atoms with E-state index in [4.69, 9.17) is 0 Å². The fourth-order valence-corrected chi connectivity index (χ4v) is 3.77. The summed E-state index contributed by atoms with van der Waals surface area (Å²) in [5.41, 5.74) is 0.0344. The molecule has 1 heterocycles. The highest BCUT2D eigenvalue weighted by molar-refractivity contribution is 7.99. The van der Waals surface area contributed by atoms with Gasteiger partial charge >= 0.3 is 0 Å². The number of aliphatic hydroxyl groups is 1. The smallest absolute Gasteiger partial charge is 0.0771 e. The van der Waals surface area contributed by atoms with Crippen molar-refractivity contribution in [3.8, 4) is 0 Å². The molecular formula is C10H18OS. The molecule has 0 amide bonds. The topological polar surface area (TPSA) is 20.2 Å².